The maximum absolute atomic E-state index is 14.1. The van der Waals surface area contributed by atoms with E-state index in [4.69, 9.17) is 0 Å². The first-order valence-electron chi connectivity index (χ1n) is 12.1. The Bertz CT molecular complexity index is 1780. The lowest BCUT2D eigenvalue weighted by molar-refractivity contribution is 0.628. The van der Waals surface area contributed by atoms with Crippen molar-refractivity contribution in [2.75, 3.05) is 0 Å². The van der Waals surface area contributed by atoms with Gasteiger partial charge in [0.2, 0.25) is 0 Å². The van der Waals surface area contributed by atoms with Crippen LogP contribution in [0, 0.1) is 5.82 Å². The van der Waals surface area contributed by atoms with Crippen molar-refractivity contribution in [2.24, 2.45) is 0 Å². The van der Waals surface area contributed by atoms with Crippen molar-refractivity contribution in [3.8, 4) is 0 Å². The fraction of sp³-hybridized carbons (Fsp3) is 0. The molecule has 0 aliphatic heterocycles. The van der Waals surface area contributed by atoms with E-state index in [2.05, 4.69) is 109 Å². The van der Waals surface area contributed by atoms with Gasteiger partial charge in [0.25, 0.3) is 0 Å². The molecule has 2 heteroatoms. The zero-order chi connectivity index (χ0) is 24.1. The van der Waals surface area contributed by atoms with Crippen LogP contribution in [0.25, 0.3) is 43.1 Å². The molecule has 36 heavy (non-hydrogen) atoms. The molecule has 0 aliphatic rings. The van der Waals surface area contributed by atoms with Crippen LogP contribution in [0.2, 0.25) is 0 Å². The Balaban J connectivity index is 1.64. The first-order chi connectivity index (χ1) is 17.8. The molecule has 0 heterocycles. The van der Waals surface area contributed by atoms with Gasteiger partial charge in [-0.25, -0.2) is 4.39 Å². The molecule has 0 saturated carbocycles. The molecule has 7 aromatic rings. The third-order valence-corrected chi connectivity index (χ3v) is 9.58. The monoisotopic (exact) mass is 480 g/mol. The van der Waals surface area contributed by atoms with Gasteiger partial charge < -0.3 is 0 Å². The molecule has 0 radical (unpaired) electrons. The minimum absolute atomic E-state index is 0.208. The molecule has 0 N–H and O–H groups in total. The fourth-order valence-corrected chi connectivity index (χ4v) is 8.11. The van der Waals surface area contributed by atoms with Gasteiger partial charge in [-0.05, 0) is 91.2 Å². The Labute approximate surface area is 210 Å². The van der Waals surface area contributed by atoms with E-state index in [-0.39, 0.29) is 5.82 Å². The van der Waals surface area contributed by atoms with Gasteiger partial charge in [-0.15, -0.1) is 0 Å². The van der Waals surface area contributed by atoms with Crippen molar-refractivity contribution in [1.82, 2.24) is 0 Å². The summed E-state index contributed by atoms with van der Waals surface area (Å²) in [6.07, 6.45) is 0. The average Bonchev–Trinajstić information content (AvgIpc) is 2.94. The maximum Gasteiger partial charge on any atom is 0.123 e. The molecule has 0 aliphatic carbocycles. The summed E-state index contributed by atoms with van der Waals surface area (Å²) in [5.74, 6) is -0.208. The third kappa shape index (κ3) is 3.40. The van der Waals surface area contributed by atoms with Crippen LogP contribution in [0.3, 0.4) is 0 Å². The van der Waals surface area contributed by atoms with Crippen LogP contribution in [0.5, 0.6) is 0 Å². The van der Waals surface area contributed by atoms with Crippen molar-refractivity contribution in [3.05, 3.63) is 139 Å². The van der Waals surface area contributed by atoms with Crippen LogP contribution >= 0.6 is 7.92 Å². The molecule has 170 valence electrons. The quantitative estimate of drug-likeness (QED) is 0.177. The summed E-state index contributed by atoms with van der Waals surface area (Å²) in [6, 6.07) is 46.4. The smallest absolute Gasteiger partial charge is 0.123 e. The maximum atomic E-state index is 14.1. The Kier molecular flexibility index (Phi) is 5.05. The van der Waals surface area contributed by atoms with Gasteiger partial charge in [0, 0.05) is 0 Å². The minimum atomic E-state index is -0.971. The molecule has 0 amide bonds. The van der Waals surface area contributed by atoms with E-state index in [1.165, 1.54) is 53.7 Å². The highest BCUT2D eigenvalue weighted by Crippen LogP contribution is 2.41. The largest absolute Gasteiger partial charge is 0.207 e. The lowest BCUT2D eigenvalue weighted by Crippen LogP contribution is -2.22. The van der Waals surface area contributed by atoms with E-state index < -0.39 is 7.92 Å². The fourth-order valence-electron chi connectivity index (χ4n) is 5.44. The van der Waals surface area contributed by atoms with E-state index in [1.807, 2.05) is 12.1 Å². The second-order valence-electron chi connectivity index (χ2n) is 9.14. The summed E-state index contributed by atoms with van der Waals surface area (Å²) in [7, 11) is -0.971. The SMILES string of the molecule is Fc1ccc(P(c2cc3ccccc3c3ccccc23)c2cc3ccccc3c3ccccc23)cc1. The van der Waals surface area contributed by atoms with E-state index in [0.29, 0.717) is 0 Å². The van der Waals surface area contributed by atoms with Gasteiger partial charge in [-0.3, -0.25) is 0 Å². The van der Waals surface area contributed by atoms with Gasteiger partial charge >= 0.3 is 0 Å². The number of benzene rings is 7. The summed E-state index contributed by atoms with van der Waals surface area (Å²) in [4.78, 5) is 0. The second-order valence-corrected chi connectivity index (χ2v) is 11.3. The molecule has 7 aromatic carbocycles. The molecule has 0 aromatic heterocycles. The summed E-state index contributed by atoms with van der Waals surface area (Å²) in [5, 5.41) is 13.7. The van der Waals surface area contributed by atoms with Gasteiger partial charge in [0.05, 0.1) is 0 Å². The van der Waals surface area contributed by atoms with Crippen molar-refractivity contribution >= 4 is 66.9 Å². The molecule has 0 saturated heterocycles. The van der Waals surface area contributed by atoms with E-state index in [0.717, 1.165) is 5.30 Å². The van der Waals surface area contributed by atoms with Crippen molar-refractivity contribution in [3.63, 3.8) is 0 Å². The summed E-state index contributed by atoms with van der Waals surface area (Å²) >= 11 is 0. The highest BCUT2D eigenvalue weighted by atomic mass is 31.1. The number of hydrogen-bond donors (Lipinski definition) is 0. The third-order valence-electron chi connectivity index (χ3n) is 7.06. The number of halogens is 1. The predicted molar refractivity (Wildman–Crippen MR) is 155 cm³/mol. The normalized spacial score (nSPS) is 11.7. The molecule has 7 rings (SSSR count). The van der Waals surface area contributed by atoms with Crippen LogP contribution in [0.15, 0.2) is 133 Å². The highest BCUT2D eigenvalue weighted by molar-refractivity contribution is 7.80. The first kappa shape index (κ1) is 21.2. The zero-order valence-corrected chi connectivity index (χ0v) is 20.4. The molecule has 0 unspecified atom stereocenters. The highest BCUT2D eigenvalue weighted by Gasteiger charge is 2.23. The zero-order valence-electron chi connectivity index (χ0n) is 19.5. The first-order valence-corrected chi connectivity index (χ1v) is 13.5. The van der Waals surface area contributed by atoms with Gasteiger partial charge in [-0.2, -0.15) is 0 Å². The second kappa shape index (κ2) is 8.55. The number of rotatable bonds is 3. The van der Waals surface area contributed by atoms with Crippen molar-refractivity contribution < 1.29 is 4.39 Å². The summed E-state index contributed by atoms with van der Waals surface area (Å²) in [6.45, 7) is 0. The average molecular weight is 481 g/mol. The van der Waals surface area contributed by atoms with E-state index in [1.54, 1.807) is 12.1 Å². The van der Waals surface area contributed by atoms with Crippen LogP contribution in [0.1, 0.15) is 0 Å². The van der Waals surface area contributed by atoms with E-state index in [9.17, 15) is 4.39 Å². The molecule has 0 spiro atoms. The molecule has 0 nitrogen and oxygen atoms in total. The van der Waals surface area contributed by atoms with Gasteiger partial charge in [-0.1, -0.05) is 109 Å². The minimum Gasteiger partial charge on any atom is -0.207 e. The standard InChI is InChI=1S/C34H22FP/c35-25-17-19-26(20-18-25)36(33-21-23-9-1-3-11-27(23)29-13-5-7-15-31(29)33)34-22-24-10-2-4-12-28(24)30-14-6-8-16-32(30)34/h1-22H. The Morgan fingerprint density at radius 3 is 1.25 bits per heavy atom. The van der Waals surface area contributed by atoms with Gasteiger partial charge in [0.1, 0.15) is 5.82 Å². The molecule has 0 atom stereocenters. The number of fused-ring (bicyclic) bond motifs is 6. The molecule has 0 bridgehead atoms. The van der Waals surface area contributed by atoms with Crippen molar-refractivity contribution in [2.45, 2.75) is 0 Å². The van der Waals surface area contributed by atoms with Crippen LogP contribution in [-0.2, 0) is 0 Å². The Morgan fingerprint density at radius 1 is 0.389 bits per heavy atom. The van der Waals surface area contributed by atoms with Crippen LogP contribution < -0.4 is 15.9 Å². The molecular weight excluding hydrogens is 458 g/mol. The van der Waals surface area contributed by atoms with Crippen LogP contribution in [0.4, 0.5) is 4.39 Å². The predicted octanol–water partition coefficient (Wildman–Crippen LogP) is 8.20. The lowest BCUT2D eigenvalue weighted by atomic mass is 10.0. The van der Waals surface area contributed by atoms with E-state index >= 15 is 0 Å². The summed E-state index contributed by atoms with van der Waals surface area (Å²) in [5.41, 5.74) is 0. The van der Waals surface area contributed by atoms with Crippen LogP contribution in [-0.4, -0.2) is 0 Å². The molecule has 0 fully saturated rings. The Morgan fingerprint density at radius 2 is 0.778 bits per heavy atom. The molecular formula is C34H22FP. The number of hydrogen-bond acceptors (Lipinski definition) is 0. The van der Waals surface area contributed by atoms with Crippen molar-refractivity contribution in [1.29, 1.82) is 0 Å². The van der Waals surface area contributed by atoms with Gasteiger partial charge in [0.15, 0.2) is 0 Å². The lowest BCUT2D eigenvalue weighted by Gasteiger charge is -2.24. The Hall–Kier alpha value is -4.06. The topological polar surface area (TPSA) is 0 Å². The summed E-state index contributed by atoms with van der Waals surface area (Å²) < 4.78 is 14.1.